The number of benzene rings is 2. The molecule has 2 unspecified atom stereocenters. The van der Waals surface area contributed by atoms with Crippen molar-refractivity contribution in [1.82, 2.24) is 10.3 Å². The van der Waals surface area contributed by atoms with E-state index in [9.17, 15) is 15.0 Å². The van der Waals surface area contributed by atoms with Gasteiger partial charge in [0.25, 0.3) is 0 Å². The van der Waals surface area contributed by atoms with Crippen LogP contribution in [0.25, 0.3) is 10.9 Å². The minimum atomic E-state index is -1.19. The van der Waals surface area contributed by atoms with Crippen LogP contribution in [0.4, 0.5) is 0 Å². The van der Waals surface area contributed by atoms with Crippen LogP contribution in [0.15, 0.2) is 36.4 Å². The number of aromatic nitrogens is 1. The average Bonchev–Trinajstić information content (AvgIpc) is 3.12. The second kappa shape index (κ2) is 5.79. The molecule has 32 heavy (non-hydrogen) atoms. The molecule has 1 saturated heterocycles. The molecule has 3 heterocycles. The standard InChI is InChI=1S/C25H22N2O5/c1-31-16-7-6-12-10-17-25(30)11-14-18(23(28)29)13-4-2-3-5-15(13)27-20(14)22-24(25,8-9-26-17)19(12)21(16)32-22/h2-7,17,22,26,30H,8-11H2,1H3,(H,28,29)/t17-,22?,24+,25?/m1/s1. The molecule has 4 aliphatic rings. The summed E-state index contributed by atoms with van der Waals surface area (Å²) in [6.45, 7) is 0.748. The number of nitrogens with one attached hydrogen (secondary N) is 1. The van der Waals surface area contributed by atoms with Crippen LogP contribution in [0.1, 0.15) is 45.3 Å². The van der Waals surface area contributed by atoms with Crippen molar-refractivity contribution in [2.45, 2.75) is 42.4 Å². The number of piperidine rings is 1. The van der Waals surface area contributed by atoms with Gasteiger partial charge in [-0.25, -0.2) is 9.78 Å². The second-order valence-electron chi connectivity index (χ2n) is 9.34. The fourth-order valence-corrected chi connectivity index (χ4v) is 6.94. The Balaban J connectivity index is 1.61. The van der Waals surface area contributed by atoms with Gasteiger partial charge in [-0.1, -0.05) is 24.3 Å². The Kier molecular flexibility index (Phi) is 3.33. The van der Waals surface area contributed by atoms with Gasteiger partial charge in [-0.15, -0.1) is 0 Å². The number of carboxylic acid groups (broad SMARTS) is 1. The third-order valence-corrected chi connectivity index (χ3v) is 8.17. The maximum atomic E-state index is 12.5. The van der Waals surface area contributed by atoms with Crippen molar-refractivity contribution < 1.29 is 24.5 Å². The molecule has 2 bridgehead atoms. The molecule has 2 aliphatic heterocycles. The zero-order valence-electron chi connectivity index (χ0n) is 17.5. The molecule has 0 saturated carbocycles. The van der Waals surface area contributed by atoms with Gasteiger partial charge in [-0.3, -0.25) is 0 Å². The van der Waals surface area contributed by atoms with Crippen molar-refractivity contribution in [3.8, 4) is 11.5 Å². The van der Waals surface area contributed by atoms with Gasteiger partial charge in [-0.2, -0.15) is 0 Å². The first kappa shape index (κ1) is 18.4. The largest absolute Gasteiger partial charge is 0.493 e. The number of para-hydroxylation sites is 1. The number of ether oxygens (including phenoxy) is 2. The first-order valence-corrected chi connectivity index (χ1v) is 11.0. The van der Waals surface area contributed by atoms with Crippen molar-refractivity contribution in [2.24, 2.45) is 0 Å². The number of hydrogen-bond donors (Lipinski definition) is 3. The summed E-state index contributed by atoms with van der Waals surface area (Å²) in [4.78, 5) is 17.4. The monoisotopic (exact) mass is 430 g/mol. The fourth-order valence-electron chi connectivity index (χ4n) is 6.94. The van der Waals surface area contributed by atoms with Crippen LogP contribution in [-0.4, -0.2) is 46.5 Å². The lowest BCUT2D eigenvalue weighted by atomic mass is 9.49. The number of fused-ring (bicyclic) bond motifs is 3. The van der Waals surface area contributed by atoms with Crippen LogP contribution < -0.4 is 14.8 Å². The second-order valence-corrected chi connectivity index (χ2v) is 9.34. The van der Waals surface area contributed by atoms with Crippen molar-refractivity contribution in [3.63, 3.8) is 0 Å². The number of carboxylic acids is 1. The first-order valence-electron chi connectivity index (χ1n) is 11.0. The molecule has 2 aromatic carbocycles. The molecule has 0 amide bonds. The zero-order valence-corrected chi connectivity index (χ0v) is 17.5. The Morgan fingerprint density at radius 2 is 2.12 bits per heavy atom. The Hall–Kier alpha value is -3.16. The quantitative estimate of drug-likeness (QED) is 0.574. The molecule has 7 heteroatoms. The summed E-state index contributed by atoms with van der Waals surface area (Å²) in [5, 5.41) is 26.7. The Labute approximate surface area is 184 Å². The molecule has 3 aromatic rings. The lowest BCUT2D eigenvalue weighted by Gasteiger charge is -2.60. The highest BCUT2D eigenvalue weighted by molar-refractivity contribution is 6.04. The highest BCUT2D eigenvalue weighted by Gasteiger charge is 2.71. The van der Waals surface area contributed by atoms with Gasteiger partial charge in [0.15, 0.2) is 17.6 Å². The van der Waals surface area contributed by atoms with Gasteiger partial charge >= 0.3 is 5.97 Å². The molecule has 1 spiro atoms. The molecular formula is C25H22N2O5. The van der Waals surface area contributed by atoms with E-state index in [1.807, 2.05) is 24.3 Å². The molecule has 7 rings (SSSR count). The maximum Gasteiger partial charge on any atom is 0.336 e. The van der Waals surface area contributed by atoms with Crippen LogP contribution in [0.5, 0.6) is 11.5 Å². The molecule has 4 atom stereocenters. The topological polar surface area (TPSA) is 101 Å². The van der Waals surface area contributed by atoms with Crippen molar-refractivity contribution in [3.05, 3.63) is 64.3 Å². The zero-order chi connectivity index (χ0) is 21.8. The predicted molar refractivity (Wildman–Crippen MR) is 116 cm³/mol. The smallest absolute Gasteiger partial charge is 0.336 e. The fraction of sp³-hybridized carbons (Fsp3) is 0.360. The van der Waals surface area contributed by atoms with E-state index in [1.165, 1.54) is 0 Å². The third-order valence-electron chi connectivity index (χ3n) is 8.17. The predicted octanol–water partition coefficient (Wildman–Crippen LogP) is 2.52. The SMILES string of the molecule is COc1ccc2c3c1OC1c4nc5ccccc5c(C(=O)O)c4CC4(O)[C@@H](C2)NCC[C@]314. The third kappa shape index (κ3) is 1.87. The molecule has 1 aromatic heterocycles. The molecule has 0 radical (unpaired) electrons. The summed E-state index contributed by atoms with van der Waals surface area (Å²) in [5.74, 6) is 0.281. The summed E-state index contributed by atoms with van der Waals surface area (Å²) in [6.07, 6.45) is 0.970. The van der Waals surface area contributed by atoms with Crippen LogP contribution in [0.2, 0.25) is 0 Å². The minimum Gasteiger partial charge on any atom is -0.493 e. The number of aromatic carboxylic acids is 1. The van der Waals surface area contributed by atoms with Gasteiger partial charge in [0.1, 0.15) is 0 Å². The Morgan fingerprint density at radius 3 is 2.94 bits per heavy atom. The molecular weight excluding hydrogens is 408 g/mol. The summed E-state index contributed by atoms with van der Waals surface area (Å²) >= 11 is 0. The van der Waals surface area contributed by atoms with Crippen LogP contribution in [0.3, 0.4) is 0 Å². The lowest BCUT2D eigenvalue weighted by molar-refractivity contribution is -0.134. The molecule has 2 aliphatic carbocycles. The lowest BCUT2D eigenvalue weighted by Crippen LogP contribution is -2.74. The Bertz CT molecular complexity index is 1350. The van der Waals surface area contributed by atoms with Gasteiger partial charge in [0.2, 0.25) is 0 Å². The average molecular weight is 430 g/mol. The summed E-state index contributed by atoms with van der Waals surface area (Å²) in [7, 11) is 1.61. The summed E-state index contributed by atoms with van der Waals surface area (Å²) in [5.41, 5.74) is 2.30. The highest BCUT2D eigenvalue weighted by atomic mass is 16.5. The van der Waals surface area contributed by atoms with Crippen LogP contribution >= 0.6 is 0 Å². The van der Waals surface area contributed by atoms with Gasteiger partial charge in [-0.05, 0) is 42.6 Å². The van der Waals surface area contributed by atoms with Gasteiger partial charge in [0, 0.05) is 23.4 Å². The van der Waals surface area contributed by atoms with E-state index in [2.05, 4.69) is 11.4 Å². The van der Waals surface area contributed by atoms with Gasteiger partial charge < -0.3 is 25.0 Å². The summed E-state index contributed by atoms with van der Waals surface area (Å²) in [6, 6.07) is 11.1. The van der Waals surface area contributed by atoms with Gasteiger partial charge in [0.05, 0.1) is 34.9 Å². The highest BCUT2D eigenvalue weighted by Crippen LogP contribution is 2.67. The van der Waals surface area contributed by atoms with E-state index in [0.29, 0.717) is 46.5 Å². The number of aliphatic hydroxyl groups is 1. The number of nitrogens with zero attached hydrogens (tertiary/aromatic N) is 1. The first-order chi connectivity index (χ1) is 15.5. The van der Waals surface area contributed by atoms with Crippen molar-refractivity contribution in [1.29, 1.82) is 0 Å². The van der Waals surface area contributed by atoms with E-state index in [0.717, 1.165) is 17.7 Å². The van der Waals surface area contributed by atoms with E-state index in [-0.39, 0.29) is 18.0 Å². The van der Waals surface area contributed by atoms with E-state index >= 15 is 0 Å². The number of pyridine rings is 1. The van der Waals surface area contributed by atoms with Crippen molar-refractivity contribution in [2.75, 3.05) is 13.7 Å². The number of methoxy groups -OCH3 is 1. The van der Waals surface area contributed by atoms with Crippen LogP contribution in [-0.2, 0) is 18.3 Å². The van der Waals surface area contributed by atoms with Crippen LogP contribution in [0, 0.1) is 0 Å². The summed E-state index contributed by atoms with van der Waals surface area (Å²) < 4.78 is 12.2. The van der Waals surface area contributed by atoms with Crippen molar-refractivity contribution >= 4 is 16.9 Å². The van der Waals surface area contributed by atoms with E-state index < -0.39 is 23.1 Å². The molecule has 7 nitrogen and oxygen atoms in total. The molecule has 162 valence electrons. The number of rotatable bonds is 2. The molecule has 1 fully saturated rings. The minimum absolute atomic E-state index is 0.199. The Morgan fingerprint density at radius 1 is 1.28 bits per heavy atom. The van der Waals surface area contributed by atoms with E-state index in [4.69, 9.17) is 14.5 Å². The molecule has 3 N–H and O–H groups in total. The normalized spacial score (nSPS) is 30.9. The number of hydrogen-bond acceptors (Lipinski definition) is 6. The number of carbonyl (C=O) groups is 1. The maximum absolute atomic E-state index is 12.5. The van der Waals surface area contributed by atoms with E-state index in [1.54, 1.807) is 13.2 Å².